The lowest BCUT2D eigenvalue weighted by molar-refractivity contribution is 0.242. The van der Waals surface area contributed by atoms with Gasteiger partial charge in [-0.05, 0) is 281 Å². The van der Waals surface area contributed by atoms with E-state index in [1.807, 2.05) is 249 Å². The van der Waals surface area contributed by atoms with Crippen molar-refractivity contribution >= 4 is 45.3 Å². The van der Waals surface area contributed by atoms with Crippen LogP contribution in [-0.4, -0.2) is 106 Å². The Kier molecular flexibility index (Phi) is 37.6. The maximum absolute atomic E-state index is 6.25. The van der Waals surface area contributed by atoms with Crippen LogP contribution in [0.3, 0.4) is 0 Å². The summed E-state index contributed by atoms with van der Waals surface area (Å²) in [6.07, 6.45) is 6.30. The molecule has 20 heteroatoms. The highest BCUT2D eigenvalue weighted by Gasteiger charge is 2.31. The second-order valence-corrected chi connectivity index (χ2v) is 37.4. The Bertz CT molecular complexity index is 5610. The van der Waals surface area contributed by atoms with Crippen LogP contribution in [0.4, 0.5) is 0 Å². The lowest BCUT2D eigenvalue weighted by Gasteiger charge is -2.17. The monoisotopic (exact) mass is 1840 g/mol. The largest absolute Gasteiger partial charge is 0.496 e. The van der Waals surface area contributed by atoms with E-state index in [9.17, 15) is 0 Å². The van der Waals surface area contributed by atoms with Crippen molar-refractivity contribution in [1.29, 1.82) is 0 Å². The van der Waals surface area contributed by atoms with Crippen molar-refractivity contribution in [1.82, 2.24) is 0 Å². The van der Waals surface area contributed by atoms with Gasteiger partial charge in [-0.25, -0.2) is 0 Å². The van der Waals surface area contributed by atoms with Crippen molar-refractivity contribution in [2.75, 3.05) is 56.9 Å². The lowest BCUT2D eigenvalue weighted by atomic mass is 10.00. The zero-order valence-corrected chi connectivity index (χ0v) is 84.1. The van der Waals surface area contributed by atoms with E-state index >= 15 is 0 Å². The number of hydrogen-bond donors (Lipinski definition) is 0. The van der Waals surface area contributed by atoms with E-state index in [4.69, 9.17) is 75.8 Å². The van der Waals surface area contributed by atoms with E-state index in [0.717, 1.165) is 195 Å². The van der Waals surface area contributed by atoms with E-state index in [0.29, 0.717) is 0 Å². The van der Waals surface area contributed by atoms with Crippen LogP contribution in [-0.2, 0) is 6.42 Å². The summed E-state index contributed by atoms with van der Waals surface area (Å²) in [4.78, 5) is 8.81. The van der Waals surface area contributed by atoms with Crippen molar-refractivity contribution in [3.8, 4) is 187 Å². The molecule has 0 radical (unpaired) electrons. The van der Waals surface area contributed by atoms with E-state index in [1.54, 1.807) is 102 Å². The summed E-state index contributed by atoms with van der Waals surface area (Å²) in [7, 11) is 13.6. The second kappa shape index (κ2) is 48.5. The van der Waals surface area contributed by atoms with E-state index in [-0.39, 0.29) is 48.8 Å². The SMILES string of the molecule is CCCCCCc1cc(-c2c(OC)cccc2OC(C)C)sc1-c1c(OC)cccc1OC(C)C.COc1cccc(OC(C)C)c1-c1cc(-c2ccccc2)c(-c2c(OC)cccc2OC(C)C)s1.COc1cccc(OC(C)C)c1-c1ccc(-c2c(OC)cccc2OC(C)C)s1.COc1cccc(OC(C)C)c1-c1sc(-c2c(OC)cccc2OC(C)C)c(C)c1C. The number of benzene rings is 9. The Balaban J connectivity index is 0.000000181. The summed E-state index contributed by atoms with van der Waals surface area (Å²) >= 11 is 6.81. The van der Waals surface area contributed by atoms with E-state index in [2.05, 4.69) is 83.1 Å². The summed E-state index contributed by atoms with van der Waals surface area (Å²) in [6.45, 7) is 39.1. The molecule has 0 saturated heterocycles. The van der Waals surface area contributed by atoms with Crippen molar-refractivity contribution in [2.45, 2.75) is 212 Å². The standard InChI is InChI=1S/C30H32O4S.C30H40O4S.C26H32O4S.C24H28O4S/c1-19(2)33-25-16-10-14-23(31-5)28(25)27-18-22(21-12-8-7-9-13-21)30(35-27)29-24(32-6)15-11-17-26(29)34-20(3)4;1-8-9-10-11-14-22-19-27(28-23(31-6)15-12-17-25(28)33-20(2)3)35-30(22)29-24(32-7)16-13-18-26(29)34-21(4)5;1-15(2)29-21-13-9-11-19(27-7)23(21)25-17(5)18(6)26(31-25)24-20(28-8)12-10-14-22(24)30-16(3)4;1-15(2)27-19-11-7-9-17(25-5)23(19)21-13-14-22(29-21)24-18(26-6)10-8-12-20(24)28-16(3)4/h7-20H,1-6H3;12-13,15-21H,8-11,14H2,1-7H3;9-16H,1-8H3;7-16H,1-6H3. The zero-order valence-electron chi connectivity index (χ0n) is 80.9. The number of thiophene rings is 4. The van der Waals surface area contributed by atoms with Gasteiger partial charge in [0.1, 0.15) is 92.0 Å². The maximum atomic E-state index is 6.25. The first-order valence-electron chi connectivity index (χ1n) is 44.8. The minimum absolute atomic E-state index is 0.0284. The van der Waals surface area contributed by atoms with Gasteiger partial charge in [-0.3, -0.25) is 0 Å². The highest BCUT2D eigenvalue weighted by atomic mass is 32.1. The molecule has 130 heavy (non-hydrogen) atoms. The molecular formula is C110H132O16S4. The van der Waals surface area contributed by atoms with Crippen molar-refractivity contribution in [3.63, 3.8) is 0 Å². The quantitative estimate of drug-likeness (QED) is 0.0338. The van der Waals surface area contributed by atoms with Crippen LogP contribution in [0.1, 0.15) is 160 Å². The summed E-state index contributed by atoms with van der Waals surface area (Å²) in [5.41, 5.74) is 13.7. The topological polar surface area (TPSA) is 148 Å². The van der Waals surface area contributed by atoms with Gasteiger partial charge in [0.25, 0.3) is 0 Å². The minimum atomic E-state index is 0.0284. The number of methoxy groups -OCH3 is 8. The second-order valence-electron chi connectivity index (χ2n) is 33.2. The fraction of sp³-hybridized carbons (Fsp3) is 0.364. The molecule has 13 rings (SSSR count). The Morgan fingerprint density at radius 3 is 0.754 bits per heavy atom. The first kappa shape index (κ1) is 101. The third kappa shape index (κ3) is 25.4. The molecule has 4 aromatic heterocycles. The van der Waals surface area contributed by atoms with Crippen LogP contribution < -0.4 is 75.8 Å². The Hall–Kier alpha value is -11.4. The molecular weight excluding hydrogens is 1710 g/mol. The van der Waals surface area contributed by atoms with Gasteiger partial charge < -0.3 is 75.8 Å². The summed E-state index contributed by atoms with van der Waals surface area (Å²) < 4.78 is 95.3. The molecule has 0 unspecified atom stereocenters. The van der Waals surface area contributed by atoms with Gasteiger partial charge in [-0.2, -0.15) is 0 Å². The van der Waals surface area contributed by atoms with Crippen LogP contribution >= 0.6 is 45.3 Å². The molecule has 16 nitrogen and oxygen atoms in total. The van der Waals surface area contributed by atoms with E-state index < -0.39 is 0 Å². The Morgan fingerprint density at radius 1 is 0.223 bits per heavy atom. The molecule has 13 aromatic rings. The number of unbranched alkanes of at least 4 members (excludes halogenated alkanes) is 3. The van der Waals surface area contributed by atoms with Crippen LogP contribution in [0.25, 0.3) is 94.7 Å². The van der Waals surface area contributed by atoms with Gasteiger partial charge in [0.2, 0.25) is 0 Å². The summed E-state index contributed by atoms with van der Waals surface area (Å²) in [6, 6.07) is 66.7. The normalized spacial score (nSPS) is 11.1. The van der Waals surface area contributed by atoms with Gasteiger partial charge in [-0.15, -0.1) is 45.3 Å². The van der Waals surface area contributed by atoms with Gasteiger partial charge >= 0.3 is 0 Å². The number of hydrogen-bond acceptors (Lipinski definition) is 20. The predicted octanol–water partition coefficient (Wildman–Crippen LogP) is 31.1. The number of ether oxygens (including phenoxy) is 16. The fourth-order valence-electron chi connectivity index (χ4n) is 15.0. The molecule has 0 spiro atoms. The lowest BCUT2D eigenvalue weighted by Crippen LogP contribution is -2.07. The molecule has 0 N–H and O–H groups in total. The Labute approximate surface area is 788 Å². The molecule has 0 saturated carbocycles. The molecule has 0 amide bonds. The minimum Gasteiger partial charge on any atom is -0.496 e. The zero-order chi connectivity index (χ0) is 94.0. The van der Waals surface area contributed by atoms with Crippen LogP contribution in [0.5, 0.6) is 92.0 Å². The third-order valence-electron chi connectivity index (χ3n) is 20.4. The average molecular weight is 1840 g/mol. The smallest absolute Gasteiger partial charge is 0.132 e. The Morgan fingerprint density at radius 2 is 0.469 bits per heavy atom. The molecule has 0 fully saturated rings. The van der Waals surface area contributed by atoms with Crippen LogP contribution in [0.2, 0.25) is 0 Å². The van der Waals surface area contributed by atoms with Gasteiger partial charge in [0.05, 0.1) is 155 Å². The third-order valence-corrected chi connectivity index (χ3v) is 25.4. The maximum Gasteiger partial charge on any atom is 0.132 e. The van der Waals surface area contributed by atoms with Crippen molar-refractivity contribution in [3.05, 3.63) is 217 Å². The van der Waals surface area contributed by atoms with Crippen molar-refractivity contribution < 1.29 is 75.8 Å². The number of aryl methyl sites for hydroxylation is 1. The van der Waals surface area contributed by atoms with Crippen LogP contribution in [0.15, 0.2) is 200 Å². The molecule has 0 bridgehead atoms. The molecule has 0 aliphatic heterocycles. The molecule has 0 atom stereocenters. The molecule has 9 aromatic carbocycles. The number of rotatable bonds is 38. The van der Waals surface area contributed by atoms with Gasteiger partial charge in [0.15, 0.2) is 0 Å². The first-order chi connectivity index (χ1) is 62.5. The molecule has 692 valence electrons. The van der Waals surface area contributed by atoms with Crippen LogP contribution in [0, 0.1) is 13.8 Å². The van der Waals surface area contributed by atoms with Crippen molar-refractivity contribution in [2.24, 2.45) is 0 Å². The highest BCUT2D eigenvalue weighted by molar-refractivity contribution is 7.20. The molecule has 0 aliphatic rings. The first-order valence-corrected chi connectivity index (χ1v) is 48.0. The summed E-state index contributed by atoms with van der Waals surface area (Å²) in [5, 5.41) is 0. The van der Waals surface area contributed by atoms with Gasteiger partial charge in [0, 0.05) is 39.7 Å². The summed E-state index contributed by atoms with van der Waals surface area (Å²) in [5.74, 6) is 12.9. The molecule has 4 heterocycles. The highest BCUT2D eigenvalue weighted by Crippen LogP contribution is 2.57. The van der Waals surface area contributed by atoms with E-state index in [1.165, 1.54) is 40.8 Å². The fourth-order valence-corrected chi connectivity index (χ4v) is 20.2. The average Bonchev–Trinajstić information content (AvgIpc) is 1.62. The molecule has 0 aliphatic carbocycles. The van der Waals surface area contributed by atoms with Gasteiger partial charge in [-0.1, -0.05) is 105 Å². The predicted molar refractivity (Wildman–Crippen MR) is 542 cm³/mol.